The average Bonchev–Trinajstić information content (AvgIpc) is 2.50. The SMILES string of the molecule is Cc1ccc2cc(C#N)c(NCCNC(=O)C(Cl)Cl)nc2c1. The predicted octanol–water partition coefficient (Wildman–Crippen LogP) is 2.75. The number of hydrogen-bond donors (Lipinski definition) is 2. The lowest BCUT2D eigenvalue weighted by Gasteiger charge is -2.10. The summed E-state index contributed by atoms with van der Waals surface area (Å²) in [6, 6.07) is 9.77. The van der Waals surface area contributed by atoms with Gasteiger partial charge in [-0.15, -0.1) is 0 Å². The zero-order valence-electron chi connectivity index (χ0n) is 11.9. The van der Waals surface area contributed by atoms with Gasteiger partial charge >= 0.3 is 0 Å². The molecule has 0 unspecified atom stereocenters. The van der Waals surface area contributed by atoms with Gasteiger partial charge in [-0.05, 0) is 24.6 Å². The van der Waals surface area contributed by atoms with Crippen LogP contribution in [0.2, 0.25) is 0 Å². The summed E-state index contributed by atoms with van der Waals surface area (Å²) in [5.41, 5.74) is 2.36. The number of pyridine rings is 1. The summed E-state index contributed by atoms with van der Waals surface area (Å²) in [4.78, 5) is 14.6. The second-order valence-electron chi connectivity index (χ2n) is 4.71. The van der Waals surface area contributed by atoms with Crippen molar-refractivity contribution in [2.75, 3.05) is 18.4 Å². The van der Waals surface area contributed by atoms with Crippen molar-refractivity contribution in [3.8, 4) is 6.07 Å². The minimum absolute atomic E-state index is 0.327. The van der Waals surface area contributed by atoms with Crippen molar-refractivity contribution in [3.63, 3.8) is 0 Å². The third kappa shape index (κ3) is 4.00. The van der Waals surface area contributed by atoms with Crippen molar-refractivity contribution in [1.29, 1.82) is 5.26 Å². The Balaban J connectivity index is 2.10. The number of rotatable bonds is 5. The molecule has 0 bridgehead atoms. The lowest BCUT2D eigenvalue weighted by Crippen LogP contribution is -2.32. The molecule has 2 rings (SSSR count). The molecule has 1 heterocycles. The van der Waals surface area contributed by atoms with E-state index in [0.717, 1.165) is 16.5 Å². The van der Waals surface area contributed by atoms with Gasteiger partial charge in [-0.1, -0.05) is 35.3 Å². The minimum Gasteiger partial charge on any atom is -0.367 e. The molecule has 7 heteroatoms. The number of carbonyl (C=O) groups is 1. The van der Waals surface area contributed by atoms with E-state index in [-0.39, 0.29) is 0 Å². The Kier molecular flexibility index (Phi) is 5.42. The van der Waals surface area contributed by atoms with Gasteiger partial charge in [-0.25, -0.2) is 4.98 Å². The van der Waals surface area contributed by atoms with E-state index in [2.05, 4.69) is 21.7 Å². The van der Waals surface area contributed by atoms with Crippen LogP contribution in [-0.2, 0) is 4.79 Å². The Morgan fingerprint density at radius 3 is 2.82 bits per heavy atom. The minimum atomic E-state index is -1.09. The van der Waals surface area contributed by atoms with Crippen LogP contribution in [-0.4, -0.2) is 28.8 Å². The summed E-state index contributed by atoms with van der Waals surface area (Å²) in [7, 11) is 0. The Labute approximate surface area is 138 Å². The number of nitrogens with one attached hydrogen (secondary N) is 2. The van der Waals surface area contributed by atoms with E-state index in [1.165, 1.54) is 0 Å². The van der Waals surface area contributed by atoms with Crippen molar-refractivity contribution in [2.24, 2.45) is 0 Å². The van der Waals surface area contributed by atoms with Crippen molar-refractivity contribution >= 4 is 45.8 Å². The van der Waals surface area contributed by atoms with Gasteiger partial charge in [0.2, 0.25) is 0 Å². The number of amides is 1. The third-order valence-corrected chi connectivity index (χ3v) is 3.40. The summed E-state index contributed by atoms with van der Waals surface area (Å²) >= 11 is 10.9. The van der Waals surface area contributed by atoms with E-state index in [4.69, 9.17) is 23.2 Å². The number of alkyl halides is 2. The number of nitrogens with zero attached hydrogens (tertiary/aromatic N) is 2. The molecule has 2 aromatic rings. The van der Waals surface area contributed by atoms with E-state index in [1.54, 1.807) is 6.07 Å². The van der Waals surface area contributed by atoms with Crippen LogP contribution in [0, 0.1) is 18.3 Å². The predicted molar refractivity (Wildman–Crippen MR) is 88.2 cm³/mol. The fourth-order valence-electron chi connectivity index (χ4n) is 1.94. The van der Waals surface area contributed by atoms with E-state index in [0.29, 0.717) is 24.5 Å². The van der Waals surface area contributed by atoms with E-state index < -0.39 is 10.7 Å². The maximum atomic E-state index is 11.2. The molecule has 1 amide bonds. The number of aryl methyl sites for hydroxylation is 1. The molecule has 1 aromatic carbocycles. The van der Waals surface area contributed by atoms with Crippen LogP contribution in [0.4, 0.5) is 5.82 Å². The molecule has 22 heavy (non-hydrogen) atoms. The number of carbonyl (C=O) groups excluding carboxylic acids is 1. The molecule has 114 valence electrons. The number of benzene rings is 1. The molecule has 0 saturated carbocycles. The second-order valence-corrected chi connectivity index (χ2v) is 5.81. The molecule has 1 aromatic heterocycles. The van der Waals surface area contributed by atoms with Crippen LogP contribution in [0.3, 0.4) is 0 Å². The Bertz CT molecular complexity index is 740. The van der Waals surface area contributed by atoms with Gasteiger partial charge in [0.1, 0.15) is 11.9 Å². The first-order valence-corrected chi connectivity index (χ1v) is 7.50. The van der Waals surface area contributed by atoms with Gasteiger partial charge in [0.25, 0.3) is 5.91 Å². The number of aromatic nitrogens is 1. The molecule has 5 nitrogen and oxygen atoms in total. The van der Waals surface area contributed by atoms with E-state index >= 15 is 0 Å². The monoisotopic (exact) mass is 336 g/mol. The molecular weight excluding hydrogens is 323 g/mol. The van der Waals surface area contributed by atoms with Gasteiger partial charge in [0.15, 0.2) is 4.84 Å². The number of halogens is 2. The summed E-state index contributed by atoms with van der Waals surface area (Å²) in [6.07, 6.45) is 0. The molecule has 0 aliphatic rings. The zero-order valence-corrected chi connectivity index (χ0v) is 13.4. The lowest BCUT2D eigenvalue weighted by atomic mass is 10.1. The fraction of sp³-hybridized carbons (Fsp3) is 0.267. The molecular formula is C15H14Cl2N4O. The standard InChI is InChI=1S/C15H14Cl2N4O/c1-9-2-3-10-7-11(8-18)14(21-12(10)6-9)19-4-5-20-15(22)13(16)17/h2-3,6-7,13H,4-5H2,1H3,(H,19,21)(H,20,22). The number of fused-ring (bicyclic) bond motifs is 1. The van der Waals surface area contributed by atoms with Gasteiger partial charge in [0.05, 0.1) is 11.1 Å². The molecule has 0 fully saturated rings. The Morgan fingerprint density at radius 1 is 1.36 bits per heavy atom. The molecule has 0 atom stereocenters. The number of nitriles is 1. The van der Waals surface area contributed by atoms with E-state index in [1.807, 2.05) is 25.1 Å². The van der Waals surface area contributed by atoms with Gasteiger partial charge < -0.3 is 10.6 Å². The normalized spacial score (nSPS) is 10.5. The molecule has 0 aliphatic carbocycles. The van der Waals surface area contributed by atoms with Gasteiger partial charge in [-0.3, -0.25) is 4.79 Å². The summed E-state index contributed by atoms with van der Waals surface area (Å²) in [5, 5.41) is 15.7. The first-order chi connectivity index (χ1) is 10.5. The third-order valence-electron chi connectivity index (χ3n) is 3.01. The van der Waals surface area contributed by atoms with E-state index in [9.17, 15) is 10.1 Å². The largest absolute Gasteiger partial charge is 0.367 e. The van der Waals surface area contributed by atoms with Gasteiger partial charge in [-0.2, -0.15) is 5.26 Å². The molecule has 0 radical (unpaired) electrons. The summed E-state index contributed by atoms with van der Waals surface area (Å²) < 4.78 is 0. The smallest absolute Gasteiger partial charge is 0.253 e. The number of hydrogen-bond acceptors (Lipinski definition) is 4. The fourth-order valence-corrected chi connectivity index (χ4v) is 2.10. The topological polar surface area (TPSA) is 77.8 Å². The summed E-state index contributed by atoms with van der Waals surface area (Å²) in [5.74, 6) is 0.0379. The van der Waals surface area contributed by atoms with Crippen LogP contribution < -0.4 is 10.6 Å². The highest BCUT2D eigenvalue weighted by Crippen LogP contribution is 2.20. The second kappa shape index (κ2) is 7.30. The average molecular weight is 337 g/mol. The lowest BCUT2D eigenvalue weighted by molar-refractivity contribution is -0.119. The van der Waals surface area contributed by atoms with Crippen molar-refractivity contribution in [1.82, 2.24) is 10.3 Å². The molecule has 0 saturated heterocycles. The van der Waals surface area contributed by atoms with Crippen molar-refractivity contribution < 1.29 is 4.79 Å². The summed E-state index contributed by atoms with van der Waals surface area (Å²) in [6.45, 7) is 2.72. The van der Waals surface area contributed by atoms with Crippen LogP contribution in [0.25, 0.3) is 10.9 Å². The molecule has 2 N–H and O–H groups in total. The van der Waals surface area contributed by atoms with Crippen LogP contribution in [0.5, 0.6) is 0 Å². The zero-order chi connectivity index (χ0) is 16.1. The highest BCUT2D eigenvalue weighted by Gasteiger charge is 2.10. The van der Waals surface area contributed by atoms with Crippen molar-refractivity contribution in [3.05, 3.63) is 35.4 Å². The number of anilines is 1. The highest BCUT2D eigenvalue weighted by atomic mass is 35.5. The van der Waals surface area contributed by atoms with Gasteiger partial charge in [0, 0.05) is 18.5 Å². The Morgan fingerprint density at radius 2 is 2.14 bits per heavy atom. The quantitative estimate of drug-likeness (QED) is 0.650. The molecule has 0 spiro atoms. The van der Waals surface area contributed by atoms with Crippen molar-refractivity contribution in [2.45, 2.75) is 11.8 Å². The first kappa shape index (κ1) is 16.3. The Hall–Kier alpha value is -2.03. The molecule has 0 aliphatic heterocycles. The highest BCUT2D eigenvalue weighted by molar-refractivity contribution is 6.53. The maximum Gasteiger partial charge on any atom is 0.253 e. The first-order valence-electron chi connectivity index (χ1n) is 6.62. The van der Waals surface area contributed by atoms with Crippen LogP contribution in [0.1, 0.15) is 11.1 Å². The van der Waals surface area contributed by atoms with Crippen LogP contribution >= 0.6 is 23.2 Å². The maximum absolute atomic E-state index is 11.2. The van der Waals surface area contributed by atoms with Crippen LogP contribution in [0.15, 0.2) is 24.3 Å².